The van der Waals surface area contributed by atoms with Crippen LogP contribution in [0, 0.1) is 11.8 Å². The van der Waals surface area contributed by atoms with Gasteiger partial charge in [0.1, 0.15) is 11.5 Å². The standard InChI is InChI=1S/C17H19NO2/c1-11-15(13-7-4-3-5-8-13)18-16(12(2)17(11)19)14-9-6-10-20-14/h3-12,15-16,18H,1-2H3/t11-,12+,15+,16-/m0/s1. The van der Waals surface area contributed by atoms with Crippen molar-refractivity contribution in [2.75, 3.05) is 0 Å². The third kappa shape index (κ3) is 2.18. The van der Waals surface area contributed by atoms with E-state index >= 15 is 0 Å². The van der Waals surface area contributed by atoms with Gasteiger partial charge in [-0.3, -0.25) is 10.1 Å². The summed E-state index contributed by atoms with van der Waals surface area (Å²) in [6.07, 6.45) is 1.66. The summed E-state index contributed by atoms with van der Waals surface area (Å²) < 4.78 is 5.50. The summed E-state index contributed by atoms with van der Waals surface area (Å²) in [6.45, 7) is 3.97. The quantitative estimate of drug-likeness (QED) is 0.907. The van der Waals surface area contributed by atoms with Gasteiger partial charge in [0.05, 0.1) is 12.3 Å². The average molecular weight is 269 g/mol. The SMILES string of the molecule is C[C@@H]1C(=O)[C@H](C)[C@@H](c2ccco2)N[C@H]1c1ccccc1. The van der Waals surface area contributed by atoms with E-state index in [1.54, 1.807) is 6.26 Å². The molecule has 0 amide bonds. The van der Waals surface area contributed by atoms with Crippen LogP contribution in [0.3, 0.4) is 0 Å². The van der Waals surface area contributed by atoms with Crippen LogP contribution in [0.25, 0.3) is 0 Å². The van der Waals surface area contributed by atoms with E-state index in [9.17, 15) is 4.79 Å². The Morgan fingerprint density at radius 2 is 1.65 bits per heavy atom. The van der Waals surface area contributed by atoms with E-state index in [-0.39, 0.29) is 23.9 Å². The molecule has 2 heterocycles. The highest BCUT2D eigenvalue weighted by atomic mass is 16.3. The molecule has 1 aliphatic rings. The van der Waals surface area contributed by atoms with Crippen LogP contribution >= 0.6 is 0 Å². The molecule has 1 aliphatic heterocycles. The molecule has 3 rings (SSSR count). The first-order chi connectivity index (χ1) is 9.68. The molecule has 0 bridgehead atoms. The van der Waals surface area contributed by atoms with Crippen LogP contribution in [0.5, 0.6) is 0 Å². The minimum absolute atomic E-state index is 0.0291. The van der Waals surface area contributed by atoms with Crippen molar-refractivity contribution in [1.82, 2.24) is 5.32 Å². The first-order valence-electron chi connectivity index (χ1n) is 7.06. The Labute approximate surface area is 119 Å². The number of hydrogen-bond donors (Lipinski definition) is 1. The van der Waals surface area contributed by atoms with Crippen molar-refractivity contribution in [1.29, 1.82) is 0 Å². The van der Waals surface area contributed by atoms with E-state index in [1.165, 1.54) is 0 Å². The Balaban J connectivity index is 1.94. The van der Waals surface area contributed by atoms with Crippen LogP contribution < -0.4 is 5.32 Å². The van der Waals surface area contributed by atoms with E-state index in [0.29, 0.717) is 5.78 Å². The zero-order valence-corrected chi connectivity index (χ0v) is 11.7. The van der Waals surface area contributed by atoms with Crippen molar-refractivity contribution in [2.24, 2.45) is 11.8 Å². The molecule has 4 atom stereocenters. The molecule has 1 saturated heterocycles. The van der Waals surface area contributed by atoms with Gasteiger partial charge in [-0.25, -0.2) is 0 Å². The van der Waals surface area contributed by atoms with E-state index in [0.717, 1.165) is 11.3 Å². The Morgan fingerprint density at radius 3 is 2.30 bits per heavy atom. The Kier molecular flexibility index (Phi) is 3.45. The number of nitrogens with one attached hydrogen (secondary N) is 1. The molecule has 20 heavy (non-hydrogen) atoms. The minimum Gasteiger partial charge on any atom is -0.468 e. The van der Waals surface area contributed by atoms with Gasteiger partial charge in [0, 0.05) is 17.9 Å². The maximum Gasteiger partial charge on any atom is 0.142 e. The average Bonchev–Trinajstić information content (AvgIpc) is 3.00. The number of benzene rings is 1. The lowest BCUT2D eigenvalue weighted by Gasteiger charge is -2.38. The Hall–Kier alpha value is -1.87. The molecular formula is C17H19NO2. The van der Waals surface area contributed by atoms with E-state index < -0.39 is 0 Å². The largest absolute Gasteiger partial charge is 0.468 e. The van der Waals surface area contributed by atoms with Crippen LogP contribution in [0.2, 0.25) is 0 Å². The predicted molar refractivity (Wildman–Crippen MR) is 77.1 cm³/mol. The maximum atomic E-state index is 12.5. The fourth-order valence-corrected chi connectivity index (χ4v) is 3.07. The van der Waals surface area contributed by atoms with Gasteiger partial charge in [-0.15, -0.1) is 0 Å². The van der Waals surface area contributed by atoms with Gasteiger partial charge in [-0.2, -0.15) is 0 Å². The summed E-state index contributed by atoms with van der Waals surface area (Å²) >= 11 is 0. The van der Waals surface area contributed by atoms with Crippen LogP contribution in [0.4, 0.5) is 0 Å². The monoisotopic (exact) mass is 269 g/mol. The van der Waals surface area contributed by atoms with E-state index in [1.807, 2.05) is 44.2 Å². The second-order valence-electron chi connectivity index (χ2n) is 5.53. The molecule has 1 N–H and O–H groups in total. The van der Waals surface area contributed by atoms with Gasteiger partial charge < -0.3 is 4.42 Å². The van der Waals surface area contributed by atoms with Crippen LogP contribution in [-0.4, -0.2) is 5.78 Å². The molecule has 3 heteroatoms. The molecule has 0 aliphatic carbocycles. The number of furan rings is 1. The number of carbonyl (C=O) groups excluding carboxylic acids is 1. The summed E-state index contributed by atoms with van der Waals surface area (Å²) in [5.41, 5.74) is 1.15. The van der Waals surface area contributed by atoms with Crippen molar-refractivity contribution in [2.45, 2.75) is 25.9 Å². The highest BCUT2D eigenvalue weighted by molar-refractivity contribution is 5.85. The molecule has 2 aromatic rings. The summed E-state index contributed by atoms with van der Waals surface area (Å²) in [7, 11) is 0. The summed E-state index contributed by atoms with van der Waals surface area (Å²) in [5.74, 6) is 1.02. The number of carbonyl (C=O) groups is 1. The number of rotatable bonds is 2. The second-order valence-corrected chi connectivity index (χ2v) is 5.53. The summed E-state index contributed by atoms with van der Waals surface area (Å²) in [6, 6.07) is 13.9. The van der Waals surface area contributed by atoms with Gasteiger partial charge in [-0.05, 0) is 17.7 Å². The number of Topliss-reactive ketones (excluding diaryl/α,β-unsaturated/α-hetero) is 1. The molecule has 0 saturated carbocycles. The molecule has 1 fully saturated rings. The first kappa shape index (κ1) is 13.1. The second kappa shape index (κ2) is 5.25. The Bertz CT molecular complexity index is 576. The van der Waals surface area contributed by atoms with Crippen molar-refractivity contribution in [3.8, 4) is 0 Å². The fraction of sp³-hybridized carbons (Fsp3) is 0.353. The minimum atomic E-state index is -0.0730. The van der Waals surface area contributed by atoms with Crippen molar-refractivity contribution in [3.63, 3.8) is 0 Å². The lowest BCUT2D eigenvalue weighted by Crippen LogP contribution is -2.46. The lowest BCUT2D eigenvalue weighted by atomic mass is 9.77. The summed E-state index contributed by atoms with van der Waals surface area (Å²) in [5, 5.41) is 3.59. The highest BCUT2D eigenvalue weighted by Gasteiger charge is 2.41. The van der Waals surface area contributed by atoms with Crippen molar-refractivity contribution in [3.05, 3.63) is 60.1 Å². The van der Waals surface area contributed by atoms with Crippen LogP contribution in [0.15, 0.2) is 53.1 Å². The van der Waals surface area contributed by atoms with Gasteiger partial charge in [0.15, 0.2) is 0 Å². The molecule has 0 spiro atoms. The number of piperidine rings is 1. The van der Waals surface area contributed by atoms with Gasteiger partial charge >= 0.3 is 0 Å². The molecule has 0 radical (unpaired) electrons. The van der Waals surface area contributed by atoms with Crippen LogP contribution in [-0.2, 0) is 4.79 Å². The zero-order valence-electron chi connectivity index (χ0n) is 11.7. The van der Waals surface area contributed by atoms with Crippen molar-refractivity contribution >= 4 is 5.78 Å². The molecule has 3 nitrogen and oxygen atoms in total. The molecule has 1 aromatic heterocycles. The van der Waals surface area contributed by atoms with E-state index in [4.69, 9.17) is 4.42 Å². The van der Waals surface area contributed by atoms with Gasteiger partial charge in [0.2, 0.25) is 0 Å². The summed E-state index contributed by atoms with van der Waals surface area (Å²) in [4.78, 5) is 12.5. The molecular weight excluding hydrogens is 250 g/mol. The van der Waals surface area contributed by atoms with Crippen molar-refractivity contribution < 1.29 is 9.21 Å². The number of hydrogen-bond acceptors (Lipinski definition) is 3. The maximum absolute atomic E-state index is 12.5. The smallest absolute Gasteiger partial charge is 0.142 e. The molecule has 1 aromatic carbocycles. The fourth-order valence-electron chi connectivity index (χ4n) is 3.07. The number of ketones is 1. The predicted octanol–water partition coefficient (Wildman–Crippen LogP) is 3.51. The zero-order chi connectivity index (χ0) is 14.1. The van der Waals surface area contributed by atoms with E-state index in [2.05, 4.69) is 17.4 Å². The third-order valence-electron chi connectivity index (χ3n) is 4.27. The molecule has 104 valence electrons. The normalized spacial score (nSPS) is 30.4. The van der Waals surface area contributed by atoms with Gasteiger partial charge in [0.25, 0.3) is 0 Å². The third-order valence-corrected chi connectivity index (χ3v) is 4.27. The lowest BCUT2D eigenvalue weighted by molar-refractivity contribution is -0.131. The highest BCUT2D eigenvalue weighted by Crippen LogP contribution is 2.38. The Morgan fingerprint density at radius 1 is 0.950 bits per heavy atom. The topological polar surface area (TPSA) is 42.2 Å². The molecule has 0 unspecified atom stereocenters. The van der Waals surface area contributed by atoms with Gasteiger partial charge in [-0.1, -0.05) is 44.2 Å². The van der Waals surface area contributed by atoms with Crippen LogP contribution in [0.1, 0.15) is 37.3 Å². The first-order valence-corrected chi connectivity index (χ1v) is 7.06.